The number of ether oxygens (including phenoxy) is 2. The van der Waals surface area contributed by atoms with Crippen LogP contribution in [0.2, 0.25) is 0 Å². The molecule has 0 radical (unpaired) electrons. The number of hydrogen-bond donors (Lipinski definition) is 1. The average molecular weight is 513 g/mol. The van der Waals surface area contributed by atoms with E-state index in [0.29, 0.717) is 17.9 Å². The van der Waals surface area contributed by atoms with Crippen LogP contribution >= 0.6 is 0 Å². The van der Waals surface area contributed by atoms with Gasteiger partial charge in [0.15, 0.2) is 0 Å². The van der Waals surface area contributed by atoms with Crippen molar-refractivity contribution in [1.82, 2.24) is 0 Å². The Hall–Kier alpha value is -3.60. The van der Waals surface area contributed by atoms with Gasteiger partial charge in [0, 0.05) is 11.0 Å². The van der Waals surface area contributed by atoms with Gasteiger partial charge < -0.3 is 14.6 Å². The van der Waals surface area contributed by atoms with Crippen LogP contribution in [0.25, 0.3) is 16.7 Å². The molecule has 0 unspecified atom stereocenters. The topological polar surface area (TPSA) is 55.8 Å². The van der Waals surface area contributed by atoms with Crippen LogP contribution in [0.4, 0.5) is 4.39 Å². The highest BCUT2D eigenvalue weighted by Crippen LogP contribution is 2.62. The first-order chi connectivity index (χ1) is 18.2. The van der Waals surface area contributed by atoms with Gasteiger partial charge in [-0.05, 0) is 107 Å². The third-order valence-electron chi connectivity index (χ3n) is 8.92. The van der Waals surface area contributed by atoms with Gasteiger partial charge in [-0.2, -0.15) is 0 Å². The zero-order valence-electron chi connectivity index (χ0n) is 22.1. The Kier molecular flexibility index (Phi) is 5.86. The Labute approximate surface area is 223 Å². The molecule has 3 aromatic rings. The third-order valence-corrected chi connectivity index (χ3v) is 8.92. The average Bonchev–Trinajstić information content (AvgIpc) is 3.39. The molecule has 1 fully saturated rings. The van der Waals surface area contributed by atoms with Crippen molar-refractivity contribution in [2.45, 2.75) is 58.0 Å². The number of fused-ring (bicyclic) bond motifs is 2. The highest BCUT2D eigenvalue weighted by atomic mass is 19.1. The number of carboxylic acid groups (broad SMARTS) is 1. The second-order valence-electron chi connectivity index (χ2n) is 11.6. The Morgan fingerprint density at radius 2 is 1.82 bits per heavy atom. The van der Waals surface area contributed by atoms with E-state index in [2.05, 4.69) is 38.1 Å². The first-order valence-electron chi connectivity index (χ1n) is 13.4. The van der Waals surface area contributed by atoms with E-state index in [0.717, 1.165) is 60.1 Å². The Morgan fingerprint density at radius 3 is 2.53 bits per heavy atom. The molecule has 1 N–H and O–H groups in total. The van der Waals surface area contributed by atoms with Crippen LogP contribution in [0.5, 0.6) is 11.5 Å². The van der Waals surface area contributed by atoms with Crippen LogP contribution in [0, 0.1) is 17.2 Å². The maximum Gasteiger partial charge on any atom is 0.307 e. The van der Waals surface area contributed by atoms with Crippen molar-refractivity contribution < 1.29 is 23.8 Å². The van der Waals surface area contributed by atoms with Crippen molar-refractivity contribution in [1.29, 1.82) is 0 Å². The third kappa shape index (κ3) is 4.09. The van der Waals surface area contributed by atoms with Crippen molar-refractivity contribution in [3.8, 4) is 22.6 Å². The summed E-state index contributed by atoms with van der Waals surface area (Å²) in [6.07, 6.45) is 6.87. The Morgan fingerprint density at radius 1 is 1.00 bits per heavy atom. The van der Waals surface area contributed by atoms with Crippen LogP contribution in [-0.2, 0) is 23.2 Å². The zero-order chi connectivity index (χ0) is 26.7. The molecule has 0 bridgehead atoms. The maximum atomic E-state index is 15.0. The van der Waals surface area contributed by atoms with Crippen LogP contribution in [0.1, 0.15) is 61.8 Å². The molecule has 0 amide bonds. The van der Waals surface area contributed by atoms with E-state index in [4.69, 9.17) is 9.47 Å². The Bertz CT molecular complexity index is 1470. The molecule has 3 aliphatic carbocycles. The number of allylic oxidation sites excluding steroid dienone is 2. The number of carboxylic acids is 1. The van der Waals surface area contributed by atoms with Crippen LogP contribution in [-0.4, -0.2) is 18.2 Å². The molecule has 5 heteroatoms. The second kappa shape index (κ2) is 9.00. The quantitative estimate of drug-likeness (QED) is 0.355. The van der Waals surface area contributed by atoms with Crippen LogP contribution < -0.4 is 9.47 Å². The molecule has 3 aliphatic rings. The highest BCUT2D eigenvalue weighted by Gasteiger charge is 2.61. The minimum Gasteiger partial charge on any atom is -0.497 e. The van der Waals surface area contributed by atoms with Crippen molar-refractivity contribution in [3.05, 3.63) is 88.7 Å². The minimum absolute atomic E-state index is 0.0111. The summed E-state index contributed by atoms with van der Waals surface area (Å²) in [4.78, 5) is 11.6. The summed E-state index contributed by atoms with van der Waals surface area (Å²) in [6.45, 7) is 4.85. The standard InChI is InChI=1S/C33H33FO4/c1-32(2)13-4-5-27(32)25-15-20(6-10-24(25)26-16-22(37-3)9-11-30(26)34)19-38-23-8-7-21-12-14-33(28(21)17-23)18-29(33)31(35)36/h5-11,15-17,29H,4,12-14,18-19H2,1-3H3,(H,35,36)/t29-,33-/m1/s1. The Balaban J connectivity index is 1.31. The highest BCUT2D eigenvalue weighted by molar-refractivity contribution is 5.85. The van der Waals surface area contributed by atoms with Crippen LogP contribution in [0.3, 0.4) is 0 Å². The van der Waals surface area contributed by atoms with Gasteiger partial charge in [0.05, 0.1) is 13.0 Å². The number of methoxy groups -OCH3 is 1. The number of aliphatic carboxylic acids is 1. The lowest BCUT2D eigenvalue weighted by Gasteiger charge is -2.25. The van der Waals surface area contributed by atoms with Gasteiger partial charge in [-0.25, -0.2) is 4.39 Å². The predicted octanol–water partition coefficient (Wildman–Crippen LogP) is 7.57. The number of rotatable bonds is 7. The molecule has 0 heterocycles. The molecule has 1 spiro atoms. The van der Waals surface area contributed by atoms with E-state index in [-0.39, 0.29) is 22.6 Å². The van der Waals surface area contributed by atoms with Gasteiger partial charge in [0.2, 0.25) is 0 Å². The summed E-state index contributed by atoms with van der Waals surface area (Å²) in [5.74, 6) is 0.113. The monoisotopic (exact) mass is 512 g/mol. The number of benzene rings is 3. The first kappa shape index (κ1) is 24.7. The van der Waals surface area contributed by atoms with E-state index >= 15 is 4.39 Å². The smallest absolute Gasteiger partial charge is 0.307 e. The molecule has 0 aliphatic heterocycles. The lowest BCUT2D eigenvalue weighted by Crippen LogP contribution is -2.12. The summed E-state index contributed by atoms with van der Waals surface area (Å²) < 4.78 is 26.7. The summed E-state index contributed by atoms with van der Waals surface area (Å²) in [5, 5.41) is 9.56. The fraction of sp³-hybridized carbons (Fsp3) is 0.364. The van der Waals surface area contributed by atoms with Gasteiger partial charge in [-0.15, -0.1) is 0 Å². The largest absolute Gasteiger partial charge is 0.497 e. The molecule has 0 aromatic heterocycles. The minimum atomic E-state index is -0.701. The summed E-state index contributed by atoms with van der Waals surface area (Å²) in [6, 6.07) is 17.1. The molecule has 4 nitrogen and oxygen atoms in total. The van der Waals surface area contributed by atoms with E-state index in [1.54, 1.807) is 19.2 Å². The predicted molar refractivity (Wildman–Crippen MR) is 146 cm³/mol. The van der Waals surface area contributed by atoms with Crippen molar-refractivity contribution >= 4 is 11.5 Å². The fourth-order valence-electron chi connectivity index (χ4n) is 6.63. The van der Waals surface area contributed by atoms with E-state index in [1.165, 1.54) is 17.2 Å². The van der Waals surface area contributed by atoms with Crippen molar-refractivity contribution in [3.63, 3.8) is 0 Å². The molecule has 6 rings (SSSR count). The molecule has 3 aromatic carbocycles. The first-order valence-corrected chi connectivity index (χ1v) is 13.4. The fourth-order valence-corrected chi connectivity index (χ4v) is 6.63. The van der Waals surface area contributed by atoms with E-state index in [9.17, 15) is 9.90 Å². The maximum absolute atomic E-state index is 15.0. The van der Waals surface area contributed by atoms with Crippen LogP contribution in [0.15, 0.2) is 60.7 Å². The summed E-state index contributed by atoms with van der Waals surface area (Å²) >= 11 is 0. The molecular weight excluding hydrogens is 479 g/mol. The van der Waals surface area contributed by atoms with E-state index in [1.807, 2.05) is 18.2 Å². The SMILES string of the molecule is COc1ccc(F)c(-c2ccc(COc3ccc4c(c3)[C@@]3(CC4)C[C@@H]3C(=O)O)cc2C2=CCCC2(C)C)c1. The lowest BCUT2D eigenvalue weighted by molar-refractivity contribution is -0.139. The van der Waals surface area contributed by atoms with E-state index < -0.39 is 5.97 Å². The number of carbonyl (C=O) groups is 1. The molecule has 196 valence electrons. The number of aryl methyl sites for hydroxylation is 1. The van der Waals surface area contributed by atoms with Gasteiger partial charge in [0.25, 0.3) is 0 Å². The second-order valence-corrected chi connectivity index (χ2v) is 11.6. The van der Waals surface area contributed by atoms with Crippen molar-refractivity contribution in [2.75, 3.05) is 7.11 Å². The molecule has 1 saturated carbocycles. The van der Waals surface area contributed by atoms with Gasteiger partial charge in [-0.1, -0.05) is 38.1 Å². The van der Waals surface area contributed by atoms with Gasteiger partial charge >= 0.3 is 5.97 Å². The number of hydrogen-bond acceptors (Lipinski definition) is 3. The zero-order valence-corrected chi connectivity index (χ0v) is 22.1. The number of halogens is 1. The molecule has 38 heavy (non-hydrogen) atoms. The molecule has 2 atom stereocenters. The lowest BCUT2D eigenvalue weighted by atomic mass is 9.79. The van der Waals surface area contributed by atoms with Gasteiger partial charge in [0.1, 0.15) is 23.9 Å². The molecule has 0 saturated heterocycles. The molecular formula is C33H33FO4. The van der Waals surface area contributed by atoms with Crippen molar-refractivity contribution in [2.24, 2.45) is 11.3 Å². The van der Waals surface area contributed by atoms with Gasteiger partial charge in [-0.3, -0.25) is 4.79 Å². The summed E-state index contributed by atoms with van der Waals surface area (Å²) in [5.41, 5.74) is 6.78. The summed E-state index contributed by atoms with van der Waals surface area (Å²) in [7, 11) is 1.59. The normalized spacial score (nSPS) is 22.7.